The Hall–Kier alpha value is -0.860. The van der Waals surface area contributed by atoms with E-state index in [1.165, 1.54) is 44.1 Å². The van der Waals surface area contributed by atoms with Gasteiger partial charge in [-0.1, -0.05) is 43.5 Å². The molecule has 3 rings (SSSR count). The zero-order valence-corrected chi connectivity index (χ0v) is 13.6. The monoisotopic (exact) mass is 286 g/mol. The van der Waals surface area contributed by atoms with E-state index in [0.29, 0.717) is 18.0 Å². The number of aryl methyl sites for hydroxylation is 2. The number of nitrogens with zero attached hydrogens (tertiary/aromatic N) is 1. The summed E-state index contributed by atoms with van der Waals surface area (Å²) >= 11 is 0. The lowest BCUT2D eigenvalue weighted by Gasteiger charge is -2.42. The van der Waals surface area contributed by atoms with Crippen LogP contribution in [0.5, 0.6) is 0 Å². The van der Waals surface area contributed by atoms with Gasteiger partial charge in [-0.3, -0.25) is 4.90 Å². The second kappa shape index (κ2) is 6.50. The molecule has 1 aromatic carbocycles. The molecule has 2 aliphatic rings. The number of hydrogen-bond acceptors (Lipinski definition) is 2. The highest BCUT2D eigenvalue weighted by Gasteiger charge is 2.35. The molecule has 1 aromatic rings. The van der Waals surface area contributed by atoms with Crippen LogP contribution in [0.3, 0.4) is 0 Å². The molecule has 0 radical (unpaired) electrons. The lowest BCUT2D eigenvalue weighted by atomic mass is 9.82. The first-order valence-electron chi connectivity index (χ1n) is 8.79. The van der Waals surface area contributed by atoms with E-state index in [1.54, 1.807) is 11.1 Å². The van der Waals surface area contributed by atoms with Crippen molar-refractivity contribution in [1.29, 1.82) is 0 Å². The fourth-order valence-corrected chi connectivity index (χ4v) is 4.63. The normalized spacial score (nSPS) is 28.9. The lowest BCUT2D eigenvalue weighted by molar-refractivity contribution is 0.0701. The van der Waals surface area contributed by atoms with Crippen molar-refractivity contribution >= 4 is 0 Å². The van der Waals surface area contributed by atoms with Gasteiger partial charge in [0, 0.05) is 12.1 Å². The molecule has 0 aromatic heterocycles. The van der Waals surface area contributed by atoms with Crippen LogP contribution in [-0.2, 0) is 6.42 Å². The quantitative estimate of drug-likeness (QED) is 0.911. The molecule has 2 aliphatic carbocycles. The molecule has 0 saturated heterocycles. The molecule has 3 atom stereocenters. The van der Waals surface area contributed by atoms with Gasteiger partial charge in [0.2, 0.25) is 0 Å². The molecule has 21 heavy (non-hydrogen) atoms. The van der Waals surface area contributed by atoms with E-state index in [0.717, 1.165) is 13.1 Å². The number of rotatable bonds is 4. The van der Waals surface area contributed by atoms with Gasteiger partial charge in [-0.25, -0.2) is 0 Å². The Morgan fingerprint density at radius 2 is 2.00 bits per heavy atom. The van der Waals surface area contributed by atoms with E-state index in [2.05, 4.69) is 36.9 Å². The number of fused-ring (bicyclic) bond motifs is 1. The summed E-state index contributed by atoms with van der Waals surface area (Å²) in [5.74, 6) is 0.701. The SMILES string of the molecule is CCN(C1CCc2ccc(C)cc21)C1CCCCC1CN. The first kappa shape index (κ1) is 15.1. The Bertz CT molecular complexity index is 482. The average Bonchev–Trinajstić information content (AvgIpc) is 2.92. The van der Waals surface area contributed by atoms with Crippen molar-refractivity contribution in [2.45, 2.75) is 64.5 Å². The van der Waals surface area contributed by atoms with Crippen LogP contribution in [0.4, 0.5) is 0 Å². The summed E-state index contributed by atoms with van der Waals surface area (Å²) < 4.78 is 0. The molecule has 0 amide bonds. The molecule has 2 heteroatoms. The van der Waals surface area contributed by atoms with Gasteiger partial charge in [-0.2, -0.15) is 0 Å². The molecule has 116 valence electrons. The first-order chi connectivity index (χ1) is 10.2. The highest BCUT2D eigenvalue weighted by molar-refractivity contribution is 5.37. The largest absolute Gasteiger partial charge is 0.330 e. The Balaban J connectivity index is 1.86. The molecule has 1 saturated carbocycles. The standard InChI is InChI=1S/C19H30N2/c1-3-21(18-7-5-4-6-16(18)13-20)19-11-10-15-9-8-14(2)12-17(15)19/h8-9,12,16,18-19H,3-7,10-11,13,20H2,1-2H3. The topological polar surface area (TPSA) is 29.3 Å². The molecule has 0 bridgehead atoms. The second-order valence-corrected chi connectivity index (χ2v) is 6.93. The van der Waals surface area contributed by atoms with Gasteiger partial charge in [0.1, 0.15) is 0 Å². The Kier molecular flexibility index (Phi) is 4.66. The second-order valence-electron chi connectivity index (χ2n) is 6.93. The summed E-state index contributed by atoms with van der Waals surface area (Å²) in [5, 5.41) is 0. The fraction of sp³-hybridized carbons (Fsp3) is 0.684. The van der Waals surface area contributed by atoms with Crippen LogP contribution in [0.25, 0.3) is 0 Å². The molecule has 0 spiro atoms. The van der Waals surface area contributed by atoms with Gasteiger partial charge >= 0.3 is 0 Å². The van der Waals surface area contributed by atoms with Crippen LogP contribution in [0, 0.1) is 12.8 Å². The van der Waals surface area contributed by atoms with Gasteiger partial charge in [-0.05, 0) is 62.7 Å². The van der Waals surface area contributed by atoms with Crippen molar-refractivity contribution in [2.75, 3.05) is 13.1 Å². The summed E-state index contributed by atoms with van der Waals surface area (Å²) in [7, 11) is 0. The average molecular weight is 286 g/mol. The fourth-order valence-electron chi connectivity index (χ4n) is 4.63. The molecule has 3 unspecified atom stereocenters. The minimum Gasteiger partial charge on any atom is -0.330 e. The van der Waals surface area contributed by atoms with E-state index >= 15 is 0 Å². The van der Waals surface area contributed by atoms with Crippen molar-refractivity contribution in [1.82, 2.24) is 4.90 Å². The number of hydrogen-bond donors (Lipinski definition) is 1. The van der Waals surface area contributed by atoms with E-state index in [4.69, 9.17) is 5.73 Å². The van der Waals surface area contributed by atoms with Gasteiger partial charge in [0.05, 0.1) is 0 Å². The molecule has 1 fully saturated rings. The van der Waals surface area contributed by atoms with Crippen molar-refractivity contribution < 1.29 is 0 Å². The zero-order chi connectivity index (χ0) is 14.8. The van der Waals surface area contributed by atoms with Gasteiger partial charge in [-0.15, -0.1) is 0 Å². The first-order valence-corrected chi connectivity index (χ1v) is 8.79. The van der Waals surface area contributed by atoms with Crippen LogP contribution < -0.4 is 5.73 Å². The maximum atomic E-state index is 6.08. The van der Waals surface area contributed by atoms with E-state index in [9.17, 15) is 0 Å². The summed E-state index contributed by atoms with van der Waals surface area (Å²) in [6, 6.07) is 8.36. The van der Waals surface area contributed by atoms with Gasteiger partial charge in [0.15, 0.2) is 0 Å². The van der Waals surface area contributed by atoms with Crippen LogP contribution >= 0.6 is 0 Å². The van der Waals surface area contributed by atoms with Crippen LogP contribution in [-0.4, -0.2) is 24.0 Å². The highest BCUT2D eigenvalue weighted by atomic mass is 15.2. The van der Waals surface area contributed by atoms with Crippen LogP contribution in [0.15, 0.2) is 18.2 Å². The van der Waals surface area contributed by atoms with Crippen molar-refractivity contribution in [3.63, 3.8) is 0 Å². The van der Waals surface area contributed by atoms with E-state index in [1.807, 2.05) is 0 Å². The summed E-state index contributed by atoms with van der Waals surface area (Å²) in [5.41, 5.74) is 10.6. The Morgan fingerprint density at radius 1 is 1.19 bits per heavy atom. The maximum absolute atomic E-state index is 6.08. The third-order valence-corrected chi connectivity index (χ3v) is 5.71. The summed E-state index contributed by atoms with van der Waals surface area (Å²) in [4.78, 5) is 2.78. The summed E-state index contributed by atoms with van der Waals surface area (Å²) in [6.07, 6.45) is 7.96. The van der Waals surface area contributed by atoms with Crippen molar-refractivity contribution in [3.05, 3.63) is 34.9 Å². The maximum Gasteiger partial charge on any atom is 0.0357 e. The summed E-state index contributed by atoms with van der Waals surface area (Å²) in [6.45, 7) is 6.55. The predicted molar refractivity (Wildman–Crippen MR) is 89.4 cm³/mol. The number of benzene rings is 1. The molecule has 2 N–H and O–H groups in total. The molecular formula is C19H30N2. The Morgan fingerprint density at radius 3 is 2.76 bits per heavy atom. The highest BCUT2D eigenvalue weighted by Crippen LogP contribution is 2.40. The van der Waals surface area contributed by atoms with E-state index in [-0.39, 0.29) is 0 Å². The molecular weight excluding hydrogens is 256 g/mol. The third-order valence-electron chi connectivity index (χ3n) is 5.71. The third kappa shape index (κ3) is 2.89. The molecule has 2 nitrogen and oxygen atoms in total. The smallest absolute Gasteiger partial charge is 0.0357 e. The van der Waals surface area contributed by atoms with Gasteiger partial charge < -0.3 is 5.73 Å². The number of nitrogens with two attached hydrogens (primary N) is 1. The van der Waals surface area contributed by atoms with Crippen molar-refractivity contribution in [3.8, 4) is 0 Å². The minimum absolute atomic E-state index is 0.627. The minimum atomic E-state index is 0.627. The predicted octanol–water partition coefficient (Wildman–Crippen LogP) is 3.82. The van der Waals surface area contributed by atoms with Gasteiger partial charge in [0.25, 0.3) is 0 Å². The van der Waals surface area contributed by atoms with Crippen LogP contribution in [0.2, 0.25) is 0 Å². The van der Waals surface area contributed by atoms with Crippen LogP contribution in [0.1, 0.15) is 61.8 Å². The Labute approximate surface area is 129 Å². The molecule has 0 heterocycles. The zero-order valence-electron chi connectivity index (χ0n) is 13.6. The van der Waals surface area contributed by atoms with Crippen molar-refractivity contribution in [2.24, 2.45) is 11.7 Å². The molecule has 0 aliphatic heterocycles. The lowest BCUT2D eigenvalue weighted by Crippen LogP contribution is -2.46. The van der Waals surface area contributed by atoms with E-state index < -0.39 is 0 Å².